The van der Waals surface area contributed by atoms with Crippen LogP contribution in [0.15, 0.2) is 160 Å². The summed E-state index contributed by atoms with van der Waals surface area (Å²) in [6, 6.07) is 29.0. The maximum Gasteiger partial charge on any atom is 0.450 e. The molecule has 0 radical (unpaired) electrons. The molecule has 3 saturated heterocycles. The molecule has 3 aliphatic heterocycles. The number of aromatic nitrogens is 6. The first-order valence-corrected chi connectivity index (χ1v) is 32.3. The Morgan fingerprint density at radius 1 is 0.564 bits per heavy atom. The van der Waals surface area contributed by atoms with E-state index in [1.807, 2.05) is 95.8 Å². The topological polar surface area (TPSA) is 438 Å². The number of aromatic amines is 3. The van der Waals surface area contributed by atoms with Gasteiger partial charge in [0.05, 0.1) is 44.0 Å². The summed E-state index contributed by atoms with van der Waals surface area (Å²) in [5.74, 6) is 0.409. The Bertz CT molecular complexity index is 3660. The Morgan fingerprint density at radius 3 is 1.18 bits per heavy atom. The third kappa shape index (κ3) is 24.1. The zero-order valence-electron chi connectivity index (χ0n) is 53.9. The summed E-state index contributed by atoms with van der Waals surface area (Å²) < 4.78 is 73.6. The lowest BCUT2D eigenvalue weighted by atomic mass is 9.83. The van der Waals surface area contributed by atoms with Crippen LogP contribution in [0.4, 0.5) is 13.2 Å². The van der Waals surface area contributed by atoms with Gasteiger partial charge in [-0.2, -0.15) is 34.4 Å². The number of nitrogens with one attached hydrogen (secondary N) is 3. The lowest BCUT2D eigenvalue weighted by molar-refractivity contribution is -0.131. The second kappa shape index (κ2) is 44.8. The number of methoxy groups -OCH3 is 2. The van der Waals surface area contributed by atoms with Gasteiger partial charge in [-0.25, -0.2) is 27.6 Å². The van der Waals surface area contributed by atoms with E-state index in [1.165, 1.54) is 6.20 Å². The van der Waals surface area contributed by atoms with E-state index in [0.717, 1.165) is 79.6 Å². The van der Waals surface area contributed by atoms with Gasteiger partial charge in [-0.15, -0.1) is 34.8 Å². The van der Waals surface area contributed by atoms with Crippen LogP contribution >= 0.6 is 69.2 Å². The van der Waals surface area contributed by atoms with Gasteiger partial charge in [0.1, 0.15) is 28.1 Å². The zero-order chi connectivity index (χ0) is 74.3. The van der Waals surface area contributed by atoms with E-state index in [0.29, 0.717) is 12.8 Å². The highest BCUT2D eigenvalue weighted by Crippen LogP contribution is 2.48. The van der Waals surface area contributed by atoms with Gasteiger partial charge in [-0.05, 0) is 83.2 Å². The molecule has 9 rings (SSSR count). The summed E-state index contributed by atoms with van der Waals surface area (Å²) in [5.41, 5.74) is 19.9. The smallest absolute Gasteiger partial charge is 0.450 e. The molecule has 0 spiro atoms. The molecule has 40 heteroatoms. The van der Waals surface area contributed by atoms with Gasteiger partial charge in [-0.1, -0.05) is 106 Å². The summed E-state index contributed by atoms with van der Waals surface area (Å²) in [6.07, 6.45) is -6.34. The van der Waals surface area contributed by atoms with Gasteiger partial charge >= 0.3 is 22.0 Å². The molecular weight excluding hydrogens is 1460 g/mol. The first-order chi connectivity index (χ1) is 47.2. The van der Waals surface area contributed by atoms with Crippen LogP contribution in [0, 0.1) is 11.8 Å². The SMILES string of the molecule is C.C.CC1[C@H](F)[C@H](n2ccc(=O)[nH]c2=O)O[C@@]1(CO)CCN=[N+]=[N-].CC[C@@]1(CCN=[N+]=[N-])O[C@@H](n2ccc(=O)[nH]c2=O)[C@@H](F)C1C.CO.COc1ccc(C(Cl)(c2ccccc2)c2ccc(OC)cc2)cc1.ClB(Cl)Cl.ClCCl.[N-]=[N+]=NCC[C@]1(CO)O[C@@H](n2ccc(=O)[nH]c2=O)[C@@H](F)C1O. The van der Waals surface area contributed by atoms with Crippen molar-refractivity contribution in [1.82, 2.24) is 28.7 Å². The number of nitrogens with zero attached hydrogens (tertiary/aromatic N) is 12. The predicted octanol–water partition coefficient (Wildman–Crippen LogP) is 10.8. The lowest BCUT2D eigenvalue weighted by Gasteiger charge is -2.31. The van der Waals surface area contributed by atoms with Crippen LogP contribution in [0.2, 0.25) is 0 Å². The molecule has 3 fully saturated rings. The van der Waals surface area contributed by atoms with Crippen LogP contribution in [0.5, 0.6) is 11.5 Å². The number of ether oxygens (including phenoxy) is 5. The van der Waals surface area contributed by atoms with Crippen molar-refractivity contribution in [3.05, 3.63) is 226 Å². The second-order valence-corrected chi connectivity index (χ2v) is 24.6. The fraction of sp³-hybridized carbons (Fsp3) is 0.508. The van der Waals surface area contributed by atoms with Crippen molar-refractivity contribution in [2.24, 2.45) is 27.2 Å². The highest BCUT2D eigenvalue weighted by molar-refractivity contribution is 7.54. The number of hydrogen-bond donors (Lipinski definition) is 7. The van der Waals surface area contributed by atoms with Crippen LogP contribution in [0.3, 0.4) is 0 Å². The minimum absolute atomic E-state index is 0. The molecule has 3 aromatic carbocycles. The van der Waals surface area contributed by atoms with Crippen LogP contribution in [-0.2, 0) is 19.1 Å². The molecule has 12 atom stereocenters. The Balaban J connectivity index is 0.000000643. The van der Waals surface area contributed by atoms with E-state index in [1.54, 1.807) is 28.1 Å². The number of rotatable bonds is 20. The van der Waals surface area contributed by atoms with Crippen molar-refractivity contribution < 1.29 is 57.3 Å². The van der Waals surface area contributed by atoms with Gasteiger partial charge in [0.25, 0.3) is 16.7 Å². The van der Waals surface area contributed by atoms with E-state index < -0.39 is 129 Å². The molecule has 0 bridgehead atoms. The fourth-order valence-electron chi connectivity index (χ4n) is 10.7. The highest BCUT2D eigenvalue weighted by Gasteiger charge is 2.56. The third-order valence-corrected chi connectivity index (χ3v) is 16.7. The molecule has 101 heavy (non-hydrogen) atoms. The minimum atomic E-state index is -2.01. The second-order valence-electron chi connectivity index (χ2n) is 21.2. The molecule has 3 aromatic heterocycles. The van der Waals surface area contributed by atoms with Crippen molar-refractivity contribution >= 4 is 74.1 Å². The van der Waals surface area contributed by atoms with E-state index >= 15 is 0 Å². The number of aliphatic hydroxyl groups is 4. The molecule has 7 N–H and O–H groups in total. The molecule has 0 aliphatic carbocycles. The number of halogens is 9. The fourth-order valence-corrected chi connectivity index (χ4v) is 11.1. The number of azide groups is 3. The Morgan fingerprint density at radius 2 is 0.861 bits per heavy atom. The van der Waals surface area contributed by atoms with Gasteiger partial charge in [0.15, 0.2) is 37.2 Å². The molecule has 30 nitrogen and oxygen atoms in total. The van der Waals surface area contributed by atoms with Gasteiger partial charge < -0.3 is 44.1 Å². The predicted molar refractivity (Wildman–Crippen MR) is 382 cm³/mol. The van der Waals surface area contributed by atoms with E-state index in [2.05, 4.69) is 35.1 Å². The molecule has 556 valence electrons. The van der Waals surface area contributed by atoms with Crippen LogP contribution in [0.1, 0.15) is 96.7 Å². The average molecular weight is 1540 g/mol. The quantitative estimate of drug-likeness (QED) is 0.00932. The van der Waals surface area contributed by atoms with E-state index in [-0.39, 0.29) is 52.7 Å². The number of H-pyrrole nitrogens is 3. The average Bonchev–Trinajstić information content (AvgIpc) is 1.77. The lowest BCUT2D eigenvalue weighted by Crippen LogP contribution is -2.46. The Hall–Kier alpha value is -7.46. The number of alkyl halides is 6. The molecule has 0 saturated carbocycles. The van der Waals surface area contributed by atoms with Crippen molar-refractivity contribution in [2.45, 2.75) is 126 Å². The van der Waals surface area contributed by atoms with E-state index in [4.69, 9.17) is 115 Å². The van der Waals surface area contributed by atoms with Crippen molar-refractivity contribution in [3.8, 4) is 11.5 Å². The van der Waals surface area contributed by atoms with E-state index in [9.17, 15) is 57.3 Å². The molecule has 6 aromatic rings. The summed E-state index contributed by atoms with van der Waals surface area (Å²) in [7, 11) is 4.31. The van der Waals surface area contributed by atoms with Crippen LogP contribution in [-0.4, -0.2) is 155 Å². The molecule has 6 heterocycles. The third-order valence-electron chi connectivity index (χ3n) is 16.1. The summed E-state index contributed by atoms with van der Waals surface area (Å²) in [6.45, 7) is 3.99. The molecule has 3 unspecified atom stereocenters. The zero-order valence-corrected chi connectivity index (χ0v) is 58.4. The van der Waals surface area contributed by atoms with Crippen molar-refractivity contribution in [2.75, 3.05) is 59.5 Å². The highest BCUT2D eigenvalue weighted by atomic mass is 35.6. The molecule has 0 amide bonds. The number of hydrogen-bond acceptors (Lipinski definition) is 18. The first-order valence-electron chi connectivity index (χ1n) is 29.5. The van der Waals surface area contributed by atoms with Crippen molar-refractivity contribution in [3.63, 3.8) is 0 Å². The monoisotopic (exact) mass is 1540 g/mol. The normalized spacial score (nSPS) is 23.4. The number of benzene rings is 3. The molecule has 3 aliphatic rings. The largest absolute Gasteiger partial charge is 0.497 e. The summed E-state index contributed by atoms with van der Waals surface area (Å²) in [4.78, 5) is 80.8. The van der Waals surface area contributed by atoms with Crippen LogP contribution in [0.25, 0.3) is 31.3 Å². The Kier molecular flexibility index (Phi) is 40.6. The van der Waals surface area contributed by atoms with Gasteiger partial charge in [0, 0.05) is 90.1 Å². The standard InChI is InChI=1S/C21H19ClO2.C13H18FN5O3.C12H16FN5O4.C11H14FN5O5.CH2Cl2.CH4O.2CH4.BCl3/c1-23-19-12-8-17(9-13-19)21(22,16-6-4-3-5-7-16)18-10-14-20(24-2)15-11-18;1-3-13(5-6-16-18-15)8(2)10(14)11(22-13)19-7-4-9(20)17-12(19)21;1-7-9(13)10(18-5-2-8(20)16-11(18)21)22-12(7,6-19)3-4-15-17-14;12-7-8(20)11(5-18,2-3-14-16-13)22-9(7)17-4-1-6(19)15-10(17)21;2-1-3;1-2;;;2-1(3)4/h3-15H,1-2H3;4,7-8,10-11H,3,5-6H2,1-2H3,(H,17,20,21);2,5,7,9-10,19H,3-4,6H2,1H3,(H,16,20,21);1,4,7-9,18,20H,2-3,5H2,(H,15,19,21);1H2;2H,1H3;2*1H4;/t;8?,10-,11+,13-;7?,9-,10+,12+;7-,8?,9+,11+;;;;;/m.000...../s1. The molecular formula is C61H81BCl6F3N15O15. The summed E-state index contributed by atoms with van der Waals surface area (Å²) in [5, 5.41) is 46.4. The first kappa shape index (κ1) is 91.6. The van der Waals surface area contributed by atoms with Gasteiger partial charge in [-0.3, -0.25) is 43.0 Å². The van der Waals surface area contributed by atoms with Crippen LogP contribution < -0.4 is 43.2 Å². The summed E-state index contributed by atoms with van der Waals surface area (Å²) >= 11 is 31.2. The Labute approximate surface area is 607 Å². The van der Waals surface area contributed by atoms with Crippen molar-refractivity contribution in [1.29, 1.82) is 0 Å². The minimum Gasteiger partial charge on any atom is -0.497 e. The maximum atomic E-state index is 14.7. The number of aliphatic hydroxyl groups excluding tert-OH is 4. The maximum absolute atomic E-state index is 14.7. The van der Waals surface area contributed by atoms with Gasteiger partial charge in [0.2, 0.25) is 0 Å².